The molecule has 1 aromatic heterocycles. The van der Waals surface area contributed by atoms with Gasteiger partial charge in [-0.25, -0.2) is 9.97 Å². The number of Topliss-reactive ketones (excluding diaryl/α,β-unsaturated/α-hetero) is 1. The van der Waals surface area contributed by atoms with Crippen LogP contribution in [0.3, 0.4) is 0 Å². The van der Waals surface area contributed by atoms with Crippen molar-refractivity contribution in [2.45, 2.75) is 32.9 Å². The molecule has 0 N–H and O–H groups in total. The van der Waals surface area contributed by atoms with Gasteiger partial charge in [-0.05, 0) is 13.8 Å². The summed E-state index contributed by atoms with van der Waals surface area (Å²) in [5.74, 6) is -0.0836. The topological polar surface area (TPSA) is 42.9 Å². The van der Waals surface area contributed by atoms with Crippen LogP contribution in [0.5, 0.6) is 0 Å². The van der Waals surface area contributed by atoms with E-state index in [2.05, 4.69) is 9.97 Å². The van der Waals surface area contributed by atoms with Crippen LogP contribution in [0.15, 0.2) is 6.20 Å². The van der Waals surface area contributed by atoms with Gasteiger partial charge in [-0.3, -0.25) is 4.79 Å². The number of carbonyl (C=O) groups is 1. The van der Waals surface area contributed by atoms with Crippen molar-refractivity contribution < 1.29 is 18.0 Å². The summed E-state index contributed by atoms with van der Waals surface area (Å²) in [6.07, 6.45) is -4.15. The van der Waals surface area contributed by atoms with E-state index in [0.29, 0.717) is 11.3 Å². The second-order valence-corrected chi connectivity index (χ2v) is 3.46. The summed E-state index contributed by atoms with van der Waals surface area (Å²) in [7, 11) is 0. The molecule has 0 unspecified atom stereocenters. The Morgan fingerprint density at radius 1 is 1.44 bits per heavy atom. The molecule has 0 aliphatic rings. The first-order chi connectivity index (χ1) is 7.29. The second-order valence-electron chi connectivity index (χ2n) is 3.46. The van der Waals surface area contributed by atoms with Gasteiger partial charge in [0.15, 0.2) is 5.78 Å². The number of alkyl halides is 3. The lowest BCUT2D eigenvalue weighted by Crippen LogP contribution is -2.11. The fourth-order valence-electron chi connectivity index (χ4n) is 1.23. The molecule has 16 heavy (non-hydrogen) atoms. The van der Waals surface area contributed by atoms with Gasteiger partial charge in [-0.15, -0.1) is 0 Å². The molecule has 0 aliphatic heterocycles. The number of ketones is 1. The zero-order chi connectivity index (χ0) is 12.3. The molecule has 1 rings (SSSR count). The molecule has 3 nitrogen and oxygen atoms in total. The number of hydrogen-bond acceptors (Lipinski definition) is 3. The first kappa shape index (κ1) is 12.6. The van der Waals surface area contributed by atoms with Gasteiger partial charge in [0.25, 0.3) is 0 Å². The van der Waals surface area contributed by atoms with Crippen LogP contribution >= 0.6 is 0 Å². The number of aryl methyl sites for hydroxylation is 2. The van der Waals surface area contributed by atoms with Crippen molar-refractivity contribution in [3.63, 3.8) is 0 Å². The number of rotatable bonds is 3. The SMILES string of the molecule is CC(=O)c1cnc(CCC(F)(F)F)nc1C. The quantitative estimate of drug-likeness (QED) is 0.752. The van der Waals surface area contributed by atoms with Crippen LogP contribution in [0.25, 0.3) is 0 Å². The van der Waals surface area contributed by atoms with Crippen LogP contribution in [-0.2, 0) is 6.42 Å². The van der Waals surface area contributed by atoms with Gasteiger partial charge >= 0.3 is 6.18 Å². The molecule has 6 heteroatoms. The molecule has 0 fully saturated rings. The first-order valence-electron chi connectivity index (χ1n) is 4.70. The molecule has 0 radical (unpaired) electrons. The Morgan fingerprint density at radius 2 is 2.06 bits per heavy atom. The molecule has 0 saturated heterocycles. The number of hydrogen-bond donors (Lipinski definition) is 0. The Hall–Kier alpha value is -1.46. The van der Waals surface area contributed by atoms with Crippen molar-refractivity contribution in [3.8, 4) is 0 Å². The average molecular weight is 232 g/mol. The maximum Gasteiger partial charge on any atom is 0.389 e. The summed E-state index contributed by atoms with van der Waals surface area (Å²) < 4.78 is 35.8. The van der Waals surface area contributed by atoms with Gasteiger partial charge in [-0.1, -0.05) is 0 Å². The van der Waals surface area contributed by atoms with E-state index in [1.807, 2.05) is 0 Å². The van der Waals surface area contributed by atoms with Crippen molar-refractivity contribution in [2.75, 3.05) is 0 Å². The fourth-order valence-corrected chi connectivity index (χ4v) is 1.23. The van der Waals surface area contributed by atoms with Gasteiger partial charge in [0, 0.05) is 12.6 Å². The monoisotopic (exact) mass is 232 g/mol. The standard InChI is InChI=1S/C10H11F3N2O/c1-6-8(7(2)16)5-14-9(15-6)3-4-10(11,12)13/h5H,3-4H2,1-2H3. The van der Waals surface area contributed by atoms with E-state index in [9.17, 15) is 18.0 Å². The van der Waals surface area contributed by atoms with Crippen LogP contribution in [0.2, 0.25) is 0 Å². The number of nitrogens with zero attached hydrogens (tertiary/aromatic N) is 2. The molecular formula is C10H11F3N2O. The lowest BCUT2D eigenvalue weighted by molar-refractivity contribution is -0.134. The molecule has 0 bridgehead atoms. The molecule has 88 valence electrons. The third kappa shape index (κ3) is 3.60. The lowest BCUT2D eigenvalue weighted by Gasteiger charge is -2.06. The zero-order valence-electron chi connectivity index (χ0n) is 8.93. The maximum absolute atomic E-state index is 11.9. The Balaban J connectivity index is 2.78. The first-order valence-corrected chi connectivity index (χ1v) is 4.70. The van der Waals surface area contributed by atoms with Crippen LogP contribution in [0, 0.1) is 6.92 Å². The molecule has 0 amide bonds. The summed E-state index contributed by atoms with van der Waals surface area (Å²) in [5, 5.41) is 0. The van der Waals surface area contributed by atoms with Crippen LogP contribution in [0.4, 0.5) is 13.2 Å². The Morgan fingerprint density at radius 3 is 2.50 bits per heavy atom. The van der Waals surface area contributed by atoms with Gasteiger partial charge in [0.1, 0.15) is 5.82 Å². The van der Waals surface area contributed by atoms with E-state index in [0.717, 1.165) is 0 Å². The minimum absolute atomic E-state index is 0.111. The molecule has 0 aliphatic carbocycles. The zero-order valence-corrected chi connectivity index (χ0v) is 8.93. The van der Waals surface area contributed by atoms with E-state index in [1.165, 1.54) is 13.1 Å². The van der Waals surface area contributed by atoms with E-state index in [-0.39, 0.29) is 18.0 Å². The van der Waals surface area contributed by atoms with E-state index < -0.39 is 12.6 Å². The molecule has 1 heterocycles. The normalized spacial score (nSPS) is 11.6. The molecule has 0 aromatic carbocycles. The minimum atomic E-state index is -4.21. The Labute approximate surface area is 90.7 Å². The second kappa shape index (κ2) is 4.59. The minimum Gasteiger partial charge on any atom is -0.294 e. The smallest absolute Gasteiger partial charge is 0.294 e. The third-order valence-corrected chi connectivity index (χ3v) is 2.04. The Kier molecular flexibility index (Phi) is 3.62. The van der Waals surface area contributed by atoms with Crippen molar-refractivity contribution in [1.82, 2.24) is 9.97 Å². The van der Waals surface area contributed by atoms with E-state index in [4.69, 9.17) is 0 Å². The average Bonchev–Trinajstić information content (AvgIpc) is 2.13. The lowest BCUT2D eigenvalue weighted by atomic mass is 10.1. The van der Waals surface area contributed by atoms with Crippen molar-refractivity contribution in [3.05, 3.63) is 23.3 Å². The molecule has 0 spiro atoms. The summed E-state index contributed by atoms with van der Waals surface area (Å²) in [6, 6.07) is 0. The fraction of sp³-hybridized carbons (Fsp3) is 0.500. The van der Waals surface area contributed by atoms with Crippen LogP contribution in [0.1, 0.15) is 35.2 Å². The summed E-state index contributed by atoms with van der Waals surface area (Å²) in [5.41, 5.74) is 0.760. The maximum atomic E-state index is 11.9. The molecular weight excluding hydrogens is 221 g/mol. The van der Waals surface area contributed by atoms with Crippen molar-refractivity contribution in [1.29, 1.82) is 0 Å². The van der Waals surface area contributed by atoms with Crippen molar-refractivity contribution >= 4 is 5.78 Å². The Bertz CT molecular complexity index is 402. The summed E-state index contributed by atoms with van der Waals surface area (Å²) in [4.78, 5) is 18.6. The largest absolute Gasteiger partial charge is 0.389 e. The highest BCUT2D eigenvalue weighted by atomic mass is 19.4. The number of carbonyl (C=O) groups excluding carboxylic acids is 1. The summed E-state index contributed by atoms with van der Waals surface area (Å²) >= 11 is 0. The van der Waals surface area contributed by atoms with E-state index >= 15 is 0 Å². The summed E-state index contributed by atoms with van der Waals surface area (Å²) in [6.45, 7) is 2.94. The number of aromatic nitrogens is 2. The molecule has 0 atom stereocenters. The van der Waals surface area contributed by atoms with Crippen LogP contribution < -0.4 is 0 Å². The highest BCUT2D eigenvalue weighted by Crippen LogP contribution is 2.21. The predicted molar refractivity (Wildman–Crippen MR) is 51.1 cm³/mol. The number of halogens is 3. The highest BCUT2D eigenvalue weighted by molar-refractivity contribution is 5.94. The molecule has 1 aromatic rings. The van der Waals surface area contributed by atoms with Crippen LogP contribution in [-0.4, -0.2) is 21.9 Å². The third-order valence-electron chi connectivity index (χ3n) is 2.04. The predicted octanol–water partition coefficient (Wildman–Crippen LogP) is 2.48. The van der Waals surface area contributed by atoms with Crippen molar-refractivity contribution in [2.24, 2.45) is 0 Å². The van der Waals surface area contributed by atoms with E-state index in [1.54, 1.807) is 6.92 Å². The van der Waals surface area contributed by atoms with Gasteiger partial charge in [0.05, 0.1) is 17.7 Å². The molecule has 0 saturated carbocycles. The van der Waals surface area contributed by atoms with Gasteiger partial charge in [-0.2, -0.15) is 13.2 Å². The van der Waals surface area contributed by atoms with Gasteiger partial charge in [0.2, 0.25) is 0 Å². The highest BCUT2D eigenvalue weighted by Gasteiger charge is 2.27. The van der Waals surface area contributed by atoms with Gasteiger partial charge < -0.3 is 0 Å².